The Morgan fingerprint density at radius 3 is 2.47 bits per heavy atom. The van der Waals surface area contributed by atoms with Gasteiger partial charge in [-0.25, -0.2) is 4.98 Å². The lowest BCUT2D eigenvalue weighted by Crippen LogP contribution is -2.02. The predicted molar refractivity (Wildman–Crippen MR) is 68.7 cm³/mol. The second-order valence-electron chi connectivity index (χ2n) is 3.01. The molecular formula is C10H5BrCl3N. The van der Waals surface area contributed by atoms with Crippen molar-refractivity contribution in [2.24, 2.45) is 0 Å². The van der Waals surface area contributed by atoms with Crippen LogP contribution in [-0.2, 0) is 3.79 Å². The summed E-state index contributed by atoms with van der Waals surface area (Å²) in [4.78, 5) is 4.31. The Morgan fingerprint density at radius 1 is 1.07 bits per heavy atom. The topological polar surface area (TPSA) is 12.9 Å². The van der Waals surface area contributed by atoms with Gasteiger partial charge in [0.1, 0.15) is 4.60 Å². The molecule has 0 radical (unpaired) electrons. The molecule has 0 fully saturated rings. The average molecular weight is 325 g/mol. The molecule has 0 saturated heterocycles. The van der Waals surface area contributed by atoms with Gasteiger partial charge < -0.3 is 0 Å². The van der Waals surface area contributed by atoms with Gasteiger partial charge in [-0.1, -0.05) is 59.1 Å². The van der Waals surface area contributed by atoms with Crippen LogP contribution in [0.25, 0.3) is 10.9 Å². The average Bonchev–Trinajstić information content (AvgIpc) is 2.15. The van der Waals surface area contributed by atoms with Crippen LogP contribution in [0.4, 0.5) is 0 Å². The molecule has 5 heteroatoms. The fraction of sp³-hybridized carbons (Fsp3) is 0.100. The van der Waals surface area contributed by atoms with Crippen molar-refractivity contribution in [1.82, 2.24) is 4.98 Å². The van der Waals surface area contributed by atoms with Crippen molar-refractivity contribution in [3.8, 4) is 0 Å². The monoisotopic (exact) mass is 323 g/mol. The van der Waals surface area contributed by atoms with Gasteiger partial charge in [0.25, 0.3) is 0 Å². The molecule has 2 rings (SSSR count). The lowest BCUT2D eigenvalue weighted by Gasteiger charge is -2.13. The molecule has 0 unspecified atom stereocenters. The van der Waals surface area contributed by atoms with Gasteiger partial charge in [0, 0.05) is 10.9 Å². The number of benzene rings is 1. The third-order valence-electron chi connectivity index (χ3n) is 1.99. The summed E-state index contributed by atoms with van der Waals surface area (Å²) in [7, 11) is 0. The zero-order chi connectivity index (χ0) is 11.1. The third-order valence-corrected chi connectivity index (χ3v) is 3.04. The summed E-state index contributed by atoms with van der Waals surface area (Å²) in [6.07, 6.45) is 0. The minimum absolute atomic E-state index is 0.589. The first-order valence-electron chi connectivity index (χ1n) is 4.11. The van der Waals surface area contributed by atoms with E-state index in [9.17, 15) is 0 Å². The van der Waals surface area contributed by atoms with E-state index in [0.717, 1.165) is 9.99 Å². The minimum atomic E-state index is -1.45. The smallest absolute Gasteiger partial charge is 0.218 e. The molecule has 0 saturated carbocycles. The summed E-state index contributed by atoms with van der Waals surface area (Å²) >= 11 is 20.9. The molecule has 1 heterocycles. The molecule has 0 aliphatic rings. The van der Waals surface area contributed by atoms with Gasteiger partial charge in [0.2, 0.25) is 3.79 Å². The van der Waals surface area contributed by atoms with Crippen LogP contribution in [0, 0.1) is 0 Å². The van der Waals surface area contributed by atoms with Gasteiger partial charge in [-0.15, -0.1) is 0 Å². The van der Waals surface area contributed by atoms with E-state index in [4.69, 9.17) is 34.8 Å². The molecular weight excluding hydrogens is 320 g/mol. The van der Waals surface area contributed by atoms with Gasteiger partial charge in [0.05, 0.1) is 5.52 Å². The SMILES string of the molecule is ClC(Cl)(Cl)c1cccc2ccc(Br)nc12. The van der Waals surface area contributed by atoms with Crippen molar-refractivity contribution in [3.05, 3.63) is 40.5 Å². The van der Waals surface area contributed by atoms with Crippen molar-refractivity contribution in [2.45, 2.75) is 3.79 Å². The summed E-state index contributed by atoms with van der Waals surface area (Å²) < 4.78 is -0.732. The molecule has 0 aliphatic heterocycles. The first kappa shape index (κ1) is 11.5. The number of fused-ring (bicyclic) bond motifs is 1. The molecule has 15 heavy (non-hydrogen) atoms. The highest BCUT2D eigenvalue weighted by Gasteiger charge is 2.25. The van der Waals surface area contributed by atoms with Crippen molar-refractivity contribution in [3.63, 3.8) is 0 Å². The summed E-state index contributed by atoms with van der Waals surface area (Å²) in [5.41, 5.74) is 1.29. The number of nitrogens with zero attached hydrogens (tertiary/aromatic N) is 1. The lowest BCUT2D eigenvalue weighted by molar-refractivity contribution is 1.22. The fourth-order valence-electron chi connectivity index (χ4n) is 1.35. The number of hydrogen-bond acceptors (Lipinski definition) is 1. The highest BCUT2D eigenvalue weighted by molar-refractivity contribution is 9.10. The Kier molecular flexibility index (Phi) is 3.13. The van der Waals surface area contributed by atoms with Gasteiger partial charge in [-0.3, -0.25) is 0 Å². The quantitative estimate of drug-likeness (QED) is 0.500. The number of rotatable bonds is 0. The molecule has 0 amide bonds. The van der Waals surface area contributed by atoms with E-state index in [-0.39, 0.29) is 0 Å². The van der Waals surface area contributed by atoms with Crippen LogP contribution in [0.3, 0.4) is 0 Å². The molecule has 2 aromatic rings. The van der Waals surface area contributed by atoms with Crippen LogP contribution in [0.1, 0.15) is 5.56 Å². The molecule has 1 aromatic heterocycles. The predicted octanol–water partition coefficient (Wildman–Crippen LogP) is 4.82. The number of para-hydroxylation sites is 1. The maximum absolute atomic E-state index is 5.87. The second kappa shape index (κ2) is 4.10. The zero-order valence-corrected chi connectivity index (χ0v) is 11.2. The Morgan fingerprint density at radius 2 is 1.80 bits per heavy atom. The molecule has 0 atom stereocenters. The van der Waals surface area contributed by atoms with E-state index in [1.54, 1.807) is 6.07 Å². The van der Waals surface area contributed by atoms with Gasteiger partial charge >= 0.3 is 0 Å². The van der Waals surface area contributed by atoms with Gasteiger partial charge in [-0.05, 0) is 22.0 Å². The van der Waals surface area contributed by atoms with E-state index in [0.29, 0.717) is 11.1 Å². The number of halogens is 4. The van der Waals surface area contributed by atoms with E-state index in [2.05, 4.69) is 20.9 Å². The minimum Gasteiger partial charge on any atom is -0.240 e. The molecule has 1 aromatic carbocycles. The summed E-state index contributed by atoms with van der Waals surface area (Å²) in [5, 5.41) is 0.946. The first-order valence-corrected chi connectivity index (χ1v) is 6.03. The Hall–Kier alpha value is -0.0200. The van der Waals surface area contributed by atoms with Crippen molar-refractivity contribution in [2.75, 3.05) is 0 Å². The maximum atomic E-state index is 5.87. The fourth-order valence-corrected chi connectivity index (χ4v) is 2.12. The number of aromatic nitrogens is 1. The van der Waals surface area contributed by atoms with Gasteiger partial charge in [0.15, 0.2) is 0 Å². The Bertz CT molecular complexity index is 507. The Balaban J connectivity index is 2.80. The summed E-state index contributed by atoms with van der Waals surface area (Å²) in [5.74, 6) is 0. The lowest BCUT2D eigenvalue weighted by atomic mass is 10.1. The maximum Gasteiger partial charge on any atom is 0.218 e. The van der Waals surface area contributed by atoms with Crippen LogP contribution in [0.2, 0.25) is 0 Å². The molecule has 1 nitrogen and oxygen atoms in total. The summed E-state index contributed by atoms with van der Waals surface area (Å²) in [6, 6.07) is 9.30. The third kappa shape index (κ3) is 2.39. The van der Waals surface area contributed by atoms with E-state index in [1.165, 1.54) is 0 Å². The number of alkyl halides is 3. The van der Waals surface area contributed by atoms with Crippen LogP contribution >= 0.6 is 50.7 Å². The van der Waals surface area contributed by atoms with Crippen molar-refractivity contribution >= 4 is 61.6 Å². The molecule has 0 N–H and O–H groups in total. The highest BCUT2D eigenvalue weighted by Crippen LogP contribution is 2.41. The van der Waals surface area contributed by atoms with E-state index >= 15 is 0 Å². The van der Waals surface area contributed by atoms with E-state index < -0.39 is 3.79 Å². The highest BCUT2D eigenvalue weighted by atomic mass is 79.9. The molecule has 0 spiro atoms. The van der Waals surface area contributed by atoms with E-state index in [1.807, 2.05) is 24.3 Å². The first-order chi connectivity index (χ1) is 6.98. The molecule has 78 valence electrons. The largest absolute Gasteiger partial charge is 0.240 e. The van der Waals surface area contributed by atoms with Crippen molar-refractivity contribution < 1.29 is 0 Å². The molecule has 0 aliphatic carbocycles. The molecule has 0 bridgehead atoms. The Labute approximate surface area is 110 Å². The zero-order valence-electron chi connectivity index (χ0n) is 7.35. The van der Waals surface area contributed by atoms with Crippen molar-refractivity contribution in [1.29, 1.82) is 0 Å². The standard InChI is InChI=1S/C10H5BrCl3N/c11-8-5-4-6-2-1-3-7(9(6)15-8)10(12,13)14/h1-5H. The summed E-state index contributed by atoms with van der Waals surface area (Å²) in [6.45, 7) is 0. The van der Waals surface area contributed by atoms with Crippen LogP contribution < -0.4 is 0 Å². The second-order valence-corrected chi connectivity index (χ2v) is 6.10. The normalized spacial score (nSPS) is 12.0. The van der Waals surface area contributed by atoms with Crippen LogP contribution in [-0.4, -0.2) is 4.98 Å². The number of pyridine rings is 1. The van der Waals surface area contributed by atoms with Gasteiger partial charge in [-0.2, -0.15) is 0 Å². The number of hydrogen-bond donors (Lipinski definition) is 0. The van der Waals surface area contributed by atoms with Crippen LogP contribution in [0.15, 0.2) is 34.9 Å². The van der Waals surface area contributed by atoms with Crippen LogP contribution in [0.5, 0.6) is 0 Å².